The molecule has 0 fully saturated rings. The molecular formula is C21H26N2O2. The monoisotopic (exact) mass is 338 g/mol. The third kappa shape index (κ3) is 4.20. The molecule has 3 rings (SSSR count). The van der Waals surface area contributed by atoms with Crippen LogP contribution in [0.4, 0.5) is 4.79 Å². The van der Waals surface area contributed by atoms with Crippen LogP contribution < -0.4 is 5.32 Å². The first-order valence-corrected chi connectivity index (χ1v) is 8.97. The number of carbonyl (C=O) groups excluding carboxylic acids is 1. The number of aliphatic hydroxyl groups excluding tert-OH is 1. The summed E-state index contributed by atoms with van der Waals surface area (Å²) in [7, 11) is 0. The van der Waals surface area contributed by atoms with Gasteiger partial charge in [-0.15, -0.1) is 0 Å². The Hall–Kier alpha value is -2.33. The second-order valence-corrected chi connectivity index (χ2v) is 6.67. The van der Waals surface area contributed by atoms with Crippen LogP contribution in [0.5, 0.6) is 0 Å². The molecule has 0 saturated carbocycles. The third-order valence-corrected chi connectivity index (χ3v) is 4.82. The predicted molar refractivity (Wildman–Crippen MR) is 99.3 cm³/mol. The first-order chi connectivity index (χ1) is 12.2. The highest BCUT2D eigenvalue weighted by Crippen LogP contribution is 2.35. The SMILES string of the molecule is Cc1cccc(CNC(=O)N(CCCO)C2CCc3ccccc32)c1. The molecule has 132 valence electrons. The molecule has 4 heteroatoms. The van der Waals surface area contributed by atoms with Gasteiger partial charge in [0, 0.05) is 19.7 Å². The van der Waals surface area contributed by atoms with E-state index in [4.69, 9.17) is 0 Å². The minimum absolute atomic E-state index is 0.0586. The molecule has 4 nitrogen and oxygen atoms in total. The van der Waals surface area contributed by atoms with Crippen LogP contribution in [-0.4, -0.2) is 29.2 Å². The molecule has 2 amide bonds. The predicted octanol–water partition coefficient (Wildman–Crippen LogP) is 3.58. The van der Waals surface area contributed by atoms with E-state index in [9.17, 15) is 9.90 Å². The number of fused-ring (bicyclic) bond motifs is 1. The number of rotatable bonds is 6. The molecular weight excluding hydrogens is 312 g/mol. The van der Waals surface area contributed by atoms with E-state index in [-0.39, 0.29) is 18.7 Å². The van der Waals surface area contributed by atoms with Crippen LogP contribution in [-0.2, 0) is 13.0 Å². The maximum Gasteiger partial charge on any atom is 0.318 e. The summed E-state index contributed by atoms with van der Waals surface area (Å²) >= 11 is 0. The van der Waals surface area contributed by atoms with E-state index < -0.39 is 0 Å². The number of benzene rings is 2. The molecule has 1 aliphatic carbocycles. The van der Waals surface area contributed by atoms with Gasteiger partial charge in [-0.3, -0.25) is 0 Å². The molecule has 1 aliphatic rings. The summed E-state index contributed by atoms with van der Waals surface area (Å²) in [4.78, 5) is 14.7. The fraction of sp³-hybridized carbons (Fsp3) is 0.381. The summed E-state index contributed by atoms with van der Waals surface area (Å²) in [5.74, 6) is 0. The Morgan fingerprint density at radius 1 is 1.24 bits per heavy atom. The first kappa shape index (κ1) is 17.5. The zero-order chi connectivity index (χ0) is 17.6. The zero-order valence-corrected chi connectivity index (χ0v) is 14.7. The molecule has 0 saturated heterocycles. The Morgan fingerprint density at radius 3 is 2.88 bits per heavy atom. The van der Waals surface area contributed by atoms with Crippen molar-refractivity contribution >= 4 is 6.03 Å². The van der Waals surface area contributed by atoms with Gasteiger partial charge < -0.3 is 15.3 Å². The summed E-state index contributed by atoms with van der Waals surface area (Å²) in [5.41, 5.74) is 4.86. The van der Waals surface area contributed by atoms with Gasteiger partial charge in [-0.2, -0.15) is 0 Å². The van der Waals surface area contributed by atoms with Gasteiger partial charge in [0.2, 0.25) is 0 Å². The van der Waals surface area contributed by atoms with Crippen molar-refractivity contribution in [2.24, 2.45) is 0 Å². The normalized spacial score (nSPS) is 15.7. The standard InChI is InChI=1S/C21H26N2O2/c1-16-6-4-7-17(14-16)15-22-21(25)23(12-5-13-24)20-11-10-18-8-2-3-9-19(18)20/h2-4,6-9,14,20,24H,5,10-13,15H2,1H3,(H,22,25). The molecule has 1 unspecified atom stereocenters. The highest BCUT2D eigenvalue weighted by atomic mass is 16.3. The highest BCUT2D eigenvalue weighted by Gasteiger charge is 2.30. The average Bonchev–Trinajstić information content (AvgIpc) is 3.04. The molecule has 2 aromatic rings. The van der Waals surface area contributed by atoms with Gasteiger partial charge in [0.15, 0.2) is 0 Å². The largest absolute Gasteiger partial charge is 0.396 e. The van der Waals surface area contributed by atoms with Gasteiger partial charge in [0.25, 0.3) is 0 Å². The lowest BCUT2D eigenvalue weighted by molar-refractivity contribution is 0.164. The van der Waals surface area contributed by atoms with Crippen LogP contribution in [0.3, 0.4) is 0 Å². The summed E-state index contributed by atoms with van der Waals surface area (Å²) < 4.78 is 0. The molecule has 0 spiro atoms. The van der Waals surface area contributed by atoms with Crippen molar-refractivity contribution in [1.82, 2.24) is 10.2 Å². The number of hydrogen-bond acceptors (Lipinski definition) is 2. The zero-order valence-electron chi connectivity index (χ0n) is 14.7. The van der Waals surface area contributed by atoms with Gasteiger partial charge in [-0.05, 0) is 42.9 Å². The van der Waals surface area contributed by atoms with E-state index in [1.807, 2.05) is 36.1 Å². The number of aryl methyl sites for hydroxylation is 2. The first-order valence-electron chi connectivity index (χ1n) is 8.97. The highest BCUT2D eigenvalue weighted by molar-refractivity contribution is 5.75. The third-order valence-electron chi connectivity index (χ3n) is 4.82. The summed E-state index contributed by atoms with van der Waals surface area (Å²) in [6.45, 7) is 3.23. The van der Waals surface area contributed by atoms with Crippen molar-refractivity contribution in [3.05, 3.63) is 70.8 Å². The van der Waals surface area contributed by atoms with Crippen LogP contribution in [0.25, 0.3) is 0 Å². The Bertz CT molecular complexity index is 729. The van der Waals surface area contributed by atoms with Crippen LogP contribution in [0, 0.1) is 6.92 Å². The average molecular weight is 338 g/mol. The summed E-state index contributed by atoms with van der Waals surface area (Å²) in [5, 5.41) is 12.3. The number of carbonyl (C=O) groups is 1. The Morgan fingerprint density at radius 2 is 2.08 bits per heavy atom. The van der Waals surface area contributed by atoms with Crippen molar-refractivity contribution in [2.45, 2.75) is 38.8 Å². The molecule has 0 aliphatic heterocycles. The lowest BCUT2D eigenvalue weighted by Crippen LogP contribution is -2.42. The minimum atomic E-state index is -0.0586. The Kier molecular flexibility index (Phi) is 5.71. The van der Waals surface area contributed by atoms with E-state index in [1.165, 1.54) is 16.7 Å². The lowest BCUT2D eigenvalue weighted by atomic mass is 10.1. The second-order valence-electron chi connectivity index (χ2n) is 6.67. The molecule has 0 bridgehead atoms. The number of nitrogens with one attached hydrogen (secondary N) is 1. The van der Waals surface area contributed by atoms with Crippen LogP contribution in [0.15, 0.2) is 48.5 Å². The van der Waals surface area contributed by atoms with E-state index in [1.54, 1.807) is 0 Å². The number of nitrogens with zero attached hydrogens (tertiary/aromatic N) is 1. The van der Waals surface area contributed by atoms with Crippen molar-refractivity contribution in [3.63, 3.8) is 0 Å². The van der Waals surface area contributed by atoms with Gasteiger partial charge in [0.1, 0.15) is 0 Å². The van der Waals surface area contributed by atoms with Crippen LogP contribution >= 0.6 is 0 Å². The fourth-order valence-electron chi connectivity index (χ4n) is 3.60. The number of hydrogen-bond donors (Lipinski definition) is 2. The van der Waals surface area contributed by atoms with Gasteiger partial charge >= 0.3 is 6.03 Å². The maximum absolute atomic E-state index is 12.8. The number of amides is 2. The quantitative estimate of drug-likeness (QED) is 0.846. The Labute approximate surface area is 149 Å². The lowest BCUT2D eigenvalue weighted by Gasteiger charge is -2.30. The number of urea groups is 1. The minimum Gasteiger partial charge on any atom is -0.396 e. The fourth-order valence-corrected chi connectivity index (χ4v) is 3.60. The smallest absolute Gasteiger partial charge is 0.318 e. The van der Waals surface area contributed by atoms with Crippen LogP contribution in [0.1, 0.15) is 41.1 Å². The van der Waals surface area contributed by atoms with Gasteiger partial charge in [0.05, 0.1) is 6.04 Å². The Balaban J connectivity index is 1.71. The van der Waals surface area contributed by atoms with Crippen molar-refractivity contribution < 1.29 is 9.90 Å². The van der Waals surface area contributed by atoms with Crippen molar-refractivity contribution in [3.8, 4) is 0 Å². The second kappa shape index (κ2) is 8.17. The summed E-state index contributed by atoms with van der Waals surface area (Å²) in [6.07, 6.45) is 2.54. The van der Waals surface area contributed by atoms with E-state index in [2.05, 4.69) is 29.6 Å². The van der Waals surface area contributed by atoms with Gasteiger partial charge in [-0.25, -0.2) is 4.79 Å². The molecule has 2 N–H and O–H groups in total. The molecule has 2 aromatic carbocycles. The van der Waals surface area contributed by atoms with E-state index in [0.29, 0.717) is 19.5 Å². The van der Waals surface area contributed by atoms with E-state index in [0.717, 1.165) is 18.4 Å². The molecule has 0 heterocycles. The molecule has 25 heavy (non-hydrogen) atoms. The molecule has 0 aromatic heterocycles. The maximum atomic E-state index is 12.8. The molecule has 0 radical (unpaired) electrons. The number of aliphatic hydroxyl groups is 1. The summed E-state index contributed by atoms with van der Waals surface area (Å²) in [6, 6.07) is 16.6. The van der Waals surface area contributed by atoms with Crippen LogP contribution in [0.2, 0.25) is 0 Å². The molecule has 1 atom stereocenters. The van der Waals surface area contributed by atoms with Crippen molar-refractivity contribution in [1.29, 1.82) is 0 Å². The topological polar surface area (TPSA) is 52.6 Å². The van der Waals surface area contributed by atoms with E-state index >= 15 is 0 Å². The van der Waals surface area contributed by atoms with Gasteiger partial charge in [-0.1, -0.05) is 54.1 Å². The van der Waals surface area contributed by atoms with Crippen molar-refractivity contribution in [2.75, 3.05) is 13.2 Å².